The van der Waals surface area contributed by atoms with Crippen LogP contribution in [0.4, 0.5) is 5.82 Å². The molecule has 23 heavy (non-hydrogen) atoms. The lowest BCUT2D eigenvalue weighted by Crippen LogP contribution is -2.48. The molecule has 1 fully saturated rings. The van der Waals surface area contributed by atoms with Gasteiger partial charge in [0.05, 0.1) is 4.88 Å². The molecule has 0 saturated carbocycles. The molecule has 4 nitrogen and oxygen atoms in total. The van der Waals surface area contributed by atoms with E-state index >= 15 is 0 Å². The second-order valence-corrected chi connectivity index (χ2v) is 7.53. The Morgan fingerprint density at radius 3 is 2.74 bits per heavy atom. The smallest absolute Gasteiger partial charge is 0.264 e. The molecule has 120 valence electrons. The highest BCUT2D eigenvalue weighted by Crippen LogP contribution is 2.31. The van der Waals surface area contributed by atoms with Crippen molar-refractivity contribution >= 4 is 34.7 Å². The Morgan fingerprint density at radius 1 is 1.17 bits per heavy atom. The van der Waals surface area contributed by atoms with Crippen LogP contribution in [0.15, 0.2) is 24.3 Å². The van der Waals surface area contributed by atoms with E-state index in [2.05, 4.69) is 16.0 Å². The molecular formula is C17H18ClN3OS. The molecule has 4 rings (SSSR count). The highest BCUT2D eigenvalue weighted by atomic mass is 35.5. The number of anilines is 1. The molecule has 2 aromatic heterocycles. The van der Waals surface area contributed by atoms with Crippen LogP contribution in [-0.4, -0.2) is 42.0 Å². The van der Waals surface area contributed by atoms with Gasteiger partial charge in [-0.2, -0.15) is 0 Å². The van der Waals surface area contributed by atoms with Crippen molar-refractivity contribution in [1.29, 1.82) is 0 Å². The summed E-state index contributed by atoms with van der Waals surface area (Å²) < 4.78 is 0. The summed E-state index contributed by atoms with van der Waals surface area (Å²) >= 11 is 7.65. The standard InChI is InChI=1S/C17H18ClN3OS/c18-15-5-2-6-16(19-15)20-7-9-21(10-8-20)17(22)14-11-12-3-1-4-13(12)23-14/h2,5-6,11H,1,3-4,7-10H2. The normalized spacial score (nSPS) is 17.4. The van der Waals surface area contributed by atoms with Crippen molar-refractivity contribution in [2.45, 2.75) is 19.3 Å². The Kier molecular flexibility index (Phi) is 3.99. The van der Waals surface area contributed by atoms with E-state index in [1.54, 1.807) is 17.4 Å². The third-order valence-corrected chi connectivity index (χ3v) is 5.98. The maximum absolute atomic E-state index is 12.7. The number of halogens is 1. The van der Waals surface area contributed by atoms with Crippen LogP contribution in [0, 0.1) is 0 Å². The Balaban J connectivity index is 1.41. The van der Waals surface area contributed by atoms with Crippen molar-refractivity contribution in [3.8, 4) is 0 Å². The number of piperazine rings is 1. The first-order chi connectivity index (χ1) is 11.2. The molecule has 0 bridgehead atoms. The maximum Gasteiger partial charge on any atom is 0.264 e. The summed E-state index contributed by atoms with van der Waals surface area (Å²) in [5, 5.41) is 0.508. The number of pyridine rings is 1. The van der Waals surface area contributed by atoms with Gasteiger partial charge in [-0.25, -0.2) is 4.98 Å². The minimum absolute atomic E-state index is 0.183. The largest absolute Gasteiger partial charge is 0.353 e. The van der Waals surface area contributed by atoms with Crippen LogP contribution < -0.4 is 4.90 Å². The van der Waals surface area contributed by atoms with Gasteiger partial charge in [-0.3, -0.25) is 4.79 Å². The predicted molar refractivity (Wildman–Crippen MR) is 93.7 cm³/mol. The topological polar surface area (TPSA) is 36.4 Å². The van der Waals surface area contributed by atoms with Crippen molar-refractivity contribution in [3.63, 3.8) is 0 Å². The number of carbonyl (C=O) groups excluding carboxylic acids is 1. The number of carbonyl (C=O) groups is 1. The van der Waals surface area contributed by atoms with Gasteiger partial charge in [-0.1, -0.05) is 17.7 Å². The SMILES string of the molecule is O=C(c1cc2c(s1)CCC2)N1CCN(c2cccc(Cl)n2)CC1. The summed E-state index contributed by atoms with van der Waals surface area (Å²) in [7, 11) is 0. The Labute approximate surface area is 144 Å². The van der Waals surface area contributed by atoms with Gasteiger partial charge in [-0.15, -0.1) is 11.3 Å². The van der Waals surface area contributed by atoms with Crippen LogP contribution >= 0.6 is 22.9 Å². The quantitative estimate of drug-likeness (QED) is 0.782. The van der Waals surface area contributed by atoms with E-state index in [9.17, 15) is 4.79 Å². The fourth-order valence-corrected chi connectivity index (χ4v) is 4.68. The Morgan fingerprint density at radius 2 is 2.00 bits per heavy atom. The van der Waals surface area contributed by atoms with Crippen LogP contribution in [0.3, 0.4) is 0 Å². The van der Waals surface area contributed by atoms with Crippen LogP contribution in [0.5, 0.6) is 0 Å². The molecule has 2 aromatic rings. The first-order valence-electron chi connectivity index (χ1n) is 7.99. The predicted octanol–water partition coefficient (Wildman–Crippen LogP) is 3.25. The molecule has 6 heteroatoms. The number of nitrogens with zero attached hydrogens (tertiary/aromatic N) is 3. The van der Waals surface area contributed by atoms with Crippen molar-refractivity contribution in [2.24, 2.45) is 0 Å². The van der Waals surface area contributed by atoms with Crippen molar-refractivity contribution in [3.05, 3.63) is 44.7 Å². The molecule has 2 aliphatic rings. The second kappa shape index (κ2) is 6.13. The first kappa shape index (κ1) is 15.0. The Bertz CT molecular complexity index is 716. The second-order valence-electron chi connectivity index (χ2n) is 6.01. The summed E-state index contributed by atoms with van der Waals surface area (Å²) in [6.07, 6.45) is 3.51. The van der Waals surface area contributed by atoms with Crippen molar-refractivity contribution < 1.29 is 4.79 Å². The molecular weight excluding hydrogens is 330 g/mol. The molecule has 1 saturated heterocycles. The average molecular weight is 348 g/mol. The summed E-state index contributed by atoms with van der Waals surface area (Å²) in [5.41, 5.74) is 1.39. The fraction of sp³-hybridized carbons (Fsp3) is 0.412. The minimum atomic E-state index is 0.183. The van der Waals surface area contributed by atoms with Crippen LogP contribution in [0.25, 0.3) is 0 Å². The van der Waals surface area contributed by atoms with Gasteiger partial charge in [0.1, 0.15) is 11.0 Å². The minimum Gasteiger partial charge on any atom is -0.353 e. The van der Waals surface area contributed by atoms with Crippen molar-refractivity contribution in [1.82, 2.24) is 9.88 Å². The fourth-order valence-electron chi connectivity index (χ4n) is 3.30. The van der Waals surface area contributed by atoms with E-state index in [1.807, 2.05) is 17.0 Å². The zero-order valence-corrected chi connectivity index (χ0v) is 14.4. The number of rotatable bonds is 2. The van der Waals surface area contributed by atoms with E-state index in [1.165, 1.54) is 16.9 Å². The number of aromatic nitrogens is 1. The molecule has 0 aromatic carbocycles. The van der Waals surface area contributed by atoms with Gasteiger partial charge < -0.3 is 9.80 Å². The van der Waals surface area contributed by atoms with Gasteiger partial charge in [-0.05, 0) is 43.0 Å². The van der Waals surface area contributed by atoms with Gasteiger partial charge in [0.15, 0.2) is 0 Å². The molecule has 1 amide bonds. The molecule has 1 aliphatic carbocycles. The number of fused-ring (bicyclic) bond motifs is 1. The lowest BCUT2D eigenvalue weighted by atomic mass is 10.2. The molecule has 0 N–H and O–H groups in total. The van der Waals surface area contributed by atoms with E-state index in [0.29, 0.717) is 5.15 Å². The number of hydrogen-bond donors (Lipinski definition) is 0. The molecule has 0 atom stereocenters. The summed E-state index contributed by atoms with van der Waals surface area (Å²) in [4.78, 5) is 23.5. The molecule has 1 aliphatic heterocycles. The molecule has 3 heterocycles. The summed E-state index contributed by atoms with van der Waals surface area (Å²) in [6.45, 7) is 3.06. The van der Waals surface area contributed by atoms with Crippen LogP contribution in [-0.2, 0) is 12.8 Å². The van der Waals surface area contributed by atoms with E-state index in [4.69, 9.17) is 11.6 Å². The van der Waals surface area contributed by atoms with Crippen molar-refractivity contribution in [2.75, 3.05) is 31.1 Å². The van der Waals surface area contributed by atoms with Gasteiger partial charge in [0, 0.05) is 31.1 Å². The van der Waals surface area contributed by atoms with E-state index in [0.717, 1.165) is 49.7 Å². The number of aryl methyl sites for hydroxylation is 2. The molecule has 0 spiro atoms. The van der Waals surface area contributed by atoms with Gasteiger partial charge >= 0.3 is 0 Å². The van der Waals surface area contributed by atoms with Gasteiger partial charge in [0.25, 0.3) is 5.91 Å². The average Bonchev–Trinajstić information content (AvgIpc) is 3.16. The number of hydrogen-bond acceptors (Lipinski definition) is 4. The van der Waals surface area contributed by atoms with Crippen LogP contribution in [0.1, 0.15) is 26.5 Å². The lowest BCUT2D eigenvalue weighted by molar-refractivity contribution is 0.0751. The van der Waals surface area contributed by atoms with Crippen LogP contribution in [0.2, 0.25) is 5.15 Å². The number of thiophene rings is 1. The molecule has 0 radical (unpaired) electrons. The third kappa shape index (κ3) is 2.95. The summed E-state index contributed by atoms with van der Waals surface area (Å²) in [6, 6.07) is 7.77. The number of amides is 1. The highest BCUT2D eigenvalue weighted by Gasteiger charge is 2.26. The van der Waals surface area contributed by atoms with E-state index < -0.39 is 0 Å². The zero-order chi connectivity index (χ0) is 15.8. The Hall–Kier alpha value is -1.59. The lowest BCUT2D eigenvalue weighted by Gasteiger charge is -2.35. The maximum atomic E-state index is 12.7. The zero-order valence-electron chi connectivity index (χ0n) is 12.8. The monoisotopic (exact) mass is 347 g/mol. The third-order valence-electron chi connectivity index (χ3n) is 4.55. The van der Waals surface area contributed by atoms with E-state index in [-0.39, 0.29) is 5.91 Å². The first-order valence-corrected chi connectivity index (χ1v) is 9.18. The highest BCUT2D eigenvalue weighted by molar-refractivity contribution is 7.14. The molecule has 0 unspecified atom stereocenters. The van der Waals surface area contributed by atoms with Gasteiger partial charge in [0.2, 0.25) is 0 Å². The summed E-state index contributed by atoms with van der Waals surface area (Å²) in [5.74, 6) is 1.07.